The number of rotatable bonds is 7. The third-order valence-electron chi connectivity index (χ3n) is 5.40. The van der Waals surface area contributed by atoms with Crippen molar-refractivity contribution in [3.05, 3.63) is 41.1 Å². The Bertz CT molecular complexity index is 945. The van der Waals surface area contributed by atoms with Crippen LogP contribution in [0.1, 0.15) is 55.5 Å². The van der Waals surface area contributed by atoms with Gasteiger partial charge in [0.25, 0.3) is 0 Å². The maximum Gasteiger partial charge on any atom is 0.115 e. The molecule has 0 saturated heterocycles. The molecule has 3 aromatic rings. The summed E-state index contributed by atoms with van der Waals surface area (Å²) in [6, 6.07) is 4.65. The largest absolute Gasteiger partial charge is 0.385 e. The summed E-state index contributed by atoms with van der Waals surface area (Å²) in [6.07, 6.45) is 4.81. The summed E-state index contributed by atoms with van der Waals surface area (Å²) >= 11 is 0. The third kappa shape index (κ3) is 3.61. The van der Waals surface area contributed by atoms with Crippen molar-refractivity contribution in [1.82, 2.24) is 19.5 Å². The first-order valence-corrected chi connectivity index (χ1v) is 9.81. The minimum atomic E-state index is 0.374. The monoisotopic (exact) mass is 366 g/mol. The van der Waals surface area contributed by atoms with Crippen molar-refractivity contribution in [3.63, 3.8) is 0 Å². The van der Waals surface area contributed by atoms with Crippen molar-refractivity contribution in [2.75, 3.05) is 13.7 Å². The van der Waals surface area contributed by atoms with Crippen LogP contribution in [-0.4, -0.2) is 33.2 Å². The predicted molar refractivity (Wildman–Crippen MR) is 110 cm³/mol. The first-order chi connectivity index (χ1) is 13.0. The molecule has 1 unspecified atom stereocenters. The lowest BCUT2D eigenvalue weighted by molar-refractivity contribution is 0.177. The van der Waals surface area contributed by atoms with Gasteiger partial charge >= 0.3 is 0 Å². The first kappa shape index (κ1) is 19.5. The Balaban J connectivity index is 2.22. The summed E-state index contributed by atoms with van der Waals surface area (Å²) in [5.41, 5.74) is 7.36. The predicted octanol–water partition coefficient (Wildman–Crippen LogP) is 4.97. The Morgan fingerprint density at radius 2 is 1.89 bits per heavy atom. The summed E-state index contributed by atoms with van der Waals surface area (Å²) in [5.74, 6) is 1.11. The van der Waals surface area contributed by atoms with Gasteiger partial charge in [-0.1, -0.05) is 13.8 Å². The average Bonchev–Trinajstić information content (AvgIpc) is 3.04. The summed E-state index contributed by atoms with van der Waals surface area (Å²) in [6.45, 7) is 11.3. The Labute approximate surface area is 161 Å². The fourth-order valence-corrected chi connectivity index (χ4v) is 3.76. The Hall–Kier alpha value is -2.27. The zero-order chi connectivity index (χ0) is 19.6. The Morgan fingerprint density at radius 3 is 2.56 bits per heavy atom. The van der Waals surface area contributed by atoms with E-state index in [9.17, 15) is 0 Å². The molecule has 0 spiro atoms. The van der Waals surface area contributed by atoms with Gasteiger partial charge in [-0.15, -0.1) is 0 Å². The SMILES string of the molecule is CCc1nc2c(-c3cc(C)c(C)nc3C)nccc2n1C(CC)CCOC. The molecule has 0 bridgehead atoms. The molecule has 0 aromatic carbocycles. The van der Waals surface area contributed by atoms with Gasteiger partial charge in [0.05, 0.1) is 11.2 Å². The minimum absolute atomic E-state index is 0.374. The summed E-state index contributed by atoms with van der Waals surface area (Å²) in [5, 5.41) is 0. The van der Waals surface area contributed by atoms with Gasteiger partial charge in [0.15, 0.2) is 0 Å². The first-order valence-electron chi connectivity index (χ1n) is 9.81. The minimum Gasteiger partial charge on any atom is -0.385 e. The van der Waals surface area contributed by atoms with E-state index in [0.717, 1.165) is 65.4 Å². The standard InChI is InChI=1S/C22H30N4O/c1-7-17(10-12-27-6)26-19-9-11-23-21(22(19)25-20(26)8-2)18-13-14(3)15(4)24-16(18)5/h9,11,13,17H,7-8,10,12H2,1-6H3. The van der Waals surface area contributed by atoms with Crippen molar-refractivity contribution < 1.29 is 4.74 Å². The summed E-state index contributed by atoms with van der Waals surface area (Å²) in [7, 11) is 1.76. The van der Waals surface area contributed by atoms with Gasteiger partial charge in [-0.2, -0.15) is 0 Å². The van der Waals surface area contributed by atoms with E-state index < -0.39 is 0 Å². The number of hydrogen-bond acceptors (Lipinski definition) is 4. The quantitative estimate of drug-likeness (QED) is 0.592. The highest BCUT2D eigenvalue weighted by Crippen LogP contribution is 2.32. The lowest BCUT2D eigenvalue weighted by Crippen LogP contribution is -2.13. The number of imidazole rings is 1. The van der Waals surface area contributed by atoms with E-state index in [4.69, 9.17) is 19.7 Å². The molecule has 5 heteroatoms. The number of hydrogen-bond donors (Lipinski definition) is 0. The van der Waals surface area contributed by atoms with Crippen molar-refractivity contribution >= 4 is 11.0 Å². The number of ether oxygens (including phenoxy) is 1. The molecule has 1 atom stereocenters. The maximum absolute atomic E-state index is 5.34. The van der Waals surface area contributed by atoms with Gasteiger partial charge in [0.2, 0.25) is 0 Å². The van der Waals surface area contributed by atoms with Gasteiger partial charge in [-0.3, -0.25) is 9.97 Å². The third-order valence-corrected chi connectivity index (χ3v) is 5.40. The van der Waals surface area contributed by atoms with E-state index in [2.05, 4.69) is 37.5 Å². The van der Waals surface area contributed by atoms with Crippen LogP contribution in [0.4, 0.5) is 0 Å². The zero-order valence-corrected chi connectivity index (χ0v) is 17.3. The van der Waals surface area contributed by atoms with E-state index in [0.29, 0.717) is 6.04 Å². The number of pyridine rings is 2. The molecule has 0 N–H and O–H groups in total. The van der Waals surface area contributed by atoms with Crippen LogP contribution in [0.5, 0.6) is 0 Å². The van der Waals surface area contributed by atoms with Crippen LogP contribution in [0.25, 0.3) is 22.3 Å². The number of fused-ring (bicyclic) bond motifs is 1. The second kappa shape index (κ2) is 8.17. The molecule has 0 saturated carbocycles. The van der Waals surface area contributed by atoms with Crippen LogP contribution in [-0.2, 0) is 11.2 Å². The molecule has 0 amide bonds. The van der Waals surface area contributed by atoms with E-state index in [1.54, 1.807) is 7.11 Å². The Morgan fingerprint density at radius 1 is 1.11 bits per heavy atom. The van der Waals surface area contributed by atoms with Crippen LogP contribution in [0, 0.1) is 20.8 Å². The van der Waals surface area contributed by atoms with Crippen LogP contribution >= 0.6 is 0 Å². The molecule has 5 nitrogen and oxygen atoms in total. The molecule has 0 radical (unpaired) electrons. The zero-order valence-electron chi connectivity index (χ0n) is 17.3. The molecule has 0 aliphatic rings. The fourth-order valence-electron chi connectivity index (χ4n) is 3.76. The van der Waals surface area contributed by atoms with Gasteiger partial charge in [-0.25, -0.2) is 4.98 Å². The molecule has 27 heavy (non-hydrogen) atoms. The highest BCUT2D eigenvalue weighted by Gasteiger charge is 2.21. The molecule has 144 valence electrons. The number of methoxy groups -OCH3 is 1. The lowest BCUT2D eigenvalue weighted by Gasteiger charge is -2.20. The summed E-state index contributed by atoms with van der Waals surface area (Å²) in [4.78, 5) is 14.4. The van der Waals surface area contributed by atoms with E-state index in [-0.39, 0.29) is 0 Å². The molecule has 0 fully saturated rings. The molecule has 3 rings (SSSR count). The van der Waals surface area contributed by atoms with E-state index in [1.165, 1.54) is 5.56 Å². The molecule has 3 heterocycles. The average molecular weight is 367 g/mol. The van der Waals surface area contributed by atoms with Crippen molar-refractivity contribution in [2.45, 2.75) is 59.9 Å². The van der Waals surface area contributed by atoms with Crippen molar-refractivity contribution in [2.24, 2.45) is 0 Å². The highest BCUT2D eigenvalue weighted by atomic mass is 16.5. The van der Waals surface area contributed by atoms with Gasteiger partial charge < -0.3 is 9.30 Å². The molecular weight excluding hydrogens is 336 g/mol. The van der Waals surface area contributed by atoms with Gasteiger partial charge in [0, 0.05) is 49.3 Å². The molecule has 0 aliphatic heterocycles. The number of aromatic nitrogens is 4. The van der Waals surface area contributed by atoms with Crippen LogP contribution in [0.15, 0.2) is 18.3 Å². The topological polar surface area (TPSA) is 52.8 Å². The Kier molecular flexibility index (Phi) is 5.90. The second-order valence-corrected chi connectivity index (χ2v) is 7.15. The second-order valence-electron chi connectivity index (χ2n) is 7.15. The number of nitrogens with zero attached hydrogens (tertiary/aromatic N) is 4. The van der Waals surface area contributed by atoms with Crippen LogP contribution in [0.2, 0.25) is 0 Å². The van der Waals surface area contributed by atoms with Crippen molar-refractivity contribution in [3.8, 4) is 11.3 Å². The van der Waals surface area contributed by atoms with Gasteiger partial charge in [-0.05, 0) is 51.3 Å². The van der Waals surface area contributed by atoms with E-state index in [1.807, 2.05) is 20.0 Å². The smallest absolute Gasteiger partial charge is 0.115 e. The molecule has 0 aliphatic carbocycles. The summed E-state index contributed by atoms with van der Waals surface area (Å²) < 4.78 is 7.73. The van der Waals surface area contributed by atoms with Crippen LogP contribution < -0.4 is 0 Å². The molecular formula is C22H30N4O. The van der Waals surface area contributed by atoms with Gasteiger partial charge in [0.1, 0.15) is 11.3 Å². The highest BCUT2D eigenvalue weighted by molar-refractivity contribution is 5.90. The number of aryl methyl sites for hydroxylation is 4. The lowest BCUT2D eigenvalue weighted by atomic mass is 10.0. The normalized spacial score (nSPS) is 12.7. The maximum atomic E-state index is 5.34. The molecule has 3 aromatic heterocycles. The fraction of sp³-hybridized carbons (Fsp3) is 0.500. The van der Waals surface area contributed by atoms with E-state index >= 15 is 0 Å². The van der Waals surface area contributed by atoms with Crippen LogP contribution in [0.3, 0.4) is 0 Å². The van der Waals surface area contributed by atoms with Crippen molar-refractivity contribution in [1.29, 1.82) is 0 Å².